The Hall–Kier alpha value is -0.830. The number of aryl methyl sites for hydroxylation is 1. The van der Waals surface area contributed by atoms with Gasteiger partial charge in [-0.1, -0.05) is 0 Å². The molecule has 1 N–H and O–H groups in total. The van der Waals surface area contributed by atoms with Crippen LogP contribution in [0.25, 0.3) is 0 Å². The maximum Gasteiger partial charge on any atom is 0.0630 e. The van der Waals surface area contributed by atoms with Crippen LogP contribution in [-0.4, -0.2) is 21.5 Å². The van der Waals surface area contributed by atoms with Crippen LogP contribution in [0.15, 0.2) is 12.3 Å². The third-order valence-electron chi connectivity index (χ3n) is 2.62. The largest absolute Gasteiger partial charge is 0.396 e. The summed E-state index contributed by atoms with van der Waals surface area (Å²) in [7, 11) is 1.92. The number of aliphatic hydroxyl groups excluding tert-OH is 1. The lowest BCUT2D eigenvalue weighted by atomic mass is 10.0. The summed E-state index contributed by atoms with van der Waals surface area (Å²) in [6.07, 6.45) is 5.19. The second-order valence-corrected chi connectivity index (χ2v) is 3.82. The quantitative estimate of drug-likeness (QED) is 0.719. The van der Waals surface area contributed by atoms with Crippen LogP contribution in [0.1, 0.15) is 18.5 Å². The van der Waals surface area contributed by atoms with E-state index in [4.69, 9.17) is 5.11 Å². The topological polar surface area (TPSA) is 38.0 Å². The Morgan fingerprint density at radius 3 is 2.83 bits per heavy atom. The van der Waals surface area contributed by atoms with Crippen LogP contribution in [-0.2, 0) is 13.5 Å². The highest BCUT2D eigenvalue weighted by Crippen LogP contribution is 2.47. The van der Waals surface area contributed by atoms with E-state index in [1.807, 2.05) is 24.0 Å². The van der Waals surface area contributed by atoms with Crippen LogP contribution in [0.3, 0.4) is 0 Å². The molecule has 1 aromatic rings. The summed E-state index contributed by atoms with van der Waals surface area (Å²) < 4.78 is 1.81. The number of aliphatic hydroxyl groups is 1. The van der Waals surface area contributed by atoms with Gasteiger partial charge in [-0.2, -0.15) is 5.10 Å². The van der Waals surface area contributed by atoms with Crippen molar-refractivity contribution in [2.75, 3.05) is 6.61 Å². The highest BCUT2D eigenvalue weighted by molar-refractivity contribution is 5.07. The molecule has 1 saturated carbocycles. The van der Waals surface area contributed by atoms with Gasteiger partial charge >= 0.3 is 0 Å². The number of aromatic nitrogens is 2. The molecule has 1 heterocycles. The molecule has 0 saturated heterocycles. The first-order chi connectivity index (χ1) is 5.74. The van der Waals surface area contributed by atoms with Gasteiger partial charge in [-0.15, -0.1) is 0 Å². The predicted octanol–water partition coefficient (Wildman–Crippen LogP) is 0.735. The van der Waals surface area contributed by atoms with Crippen LogP contribution >= 0.6 is 0 Å². The van der Waals surface area contributed by atoms with Gasteiger partial charge in [-0.3, -0.25) is 4.68 Å². The van der Waals surface area contributed by atoms with Gasteiger partial charge in [0.1, 0.15) is 0 Å². The van der Waals surface area contributed by atoms with Gasteiger partial charge in [0.2, 0.25) is 0 Å². The molecule has 0 unspecified atom stereocenters. The molecule has 66 valence electrons. The second-order valence-electron chi connectivity index (χ2n) is 3.82. The molecule has 0 aromatic carbocycles. The van der Waals surface area contributed by atoms with Crippen molar-refractivity contribution in [3.8, 4) is 0 Å². The first-order valence-corrected chi connectivity index (χ1v) is 4.34. The number of rotatable bonds is 3. The van der Waals surface area contributed by atoms with Crippen LogP contribution in [0.2, 0.25) is 0 Å². The smallest absolute Gasteiger partial charge is 0.0630 e. The lowest BCUT2D eigenvalue weighted by Crippen LogP contribution is -2.10. The lowest BCUT2D eigenvalue weighted by Gasteiger charge is -2.07. The molecule has 1 aliphatic rings. The molecule has 0 atom stereocenters. The zero-order valence-electron chi connectivity index (χ0n) is 7.32. The van der Waals surface area contributed by atoms with Crippen molar-refractivity contribution in [3.05, 3.63) is 18.0 Å². The third-order valence-corrected chi connectivity index (χ3v) is 2.62. The van der Waals surface area contributed by atoms with Crippen LogP contribution in [0.4, 0.5) is 0 Å². The first-order valence-electron chi connectivity index (χ1n) is 4.34. The number of hydrogen-bond donors (Lipinski definition) is 1. The van der Waals surface area contributed by atoms with Crippen molar-refractivity contribution in [2.45, 2.75) is 19.3 Å². The van der Waals surface area contributed by atoms with E-state index < -0.39 is 0 Å². The molecule has 0 aliphatic heterocycles. The summed E-state index contributed by atoms with van der Waals surface area (Å²) >= 11 is 0. The van der Waals surface area contributed by atoms with Crippen molar-refractivity contribution in [1.82, 2.24) is 9.78 Å². The summed E-state index contributed by atoms with van der Waals surface area (Å²) in [4.78, 5) is 0. The first kappa shape index (κ1) is 7.80. The fraction of sp³-hybridized carbons (Fsp3) is 0.667. The molecular formula is C9H14N2O. The van der Waals surface area contributed by atoms with Crippen molar-refractivity contribution in [1.29, 1.82) is 0 Å². The van der Waals surface area contributed by atoms with E-state index in [0.29, 0.717) is 6.61 Å². The average Bonchev–Trinajstić information content (AvgIpc) is 2.71. The van der Waals surface area contributed by atoms with Crippen molar-refractivity contribution >= 4 is 0 Å². The van der Waals surface area contributed by atoms with E-state index in [1.165, 1.54) is 0 Å². The Kier molecular flexibility index (Phi) is 1.68. The summed E-state index contributed by atoms with van der Waals surface area (Å²) in [6.45, 7) is 0.309. The van der Waals surface area contributed by atoms with E-state index in [9.17, 15) is 0 Å². The molecule has 12 heavy (non-hydrogen) atoms. The lowest BCUT2D eigenvalue weighted by molar-refractivity contribution is 0.210. The average molecular weight is 166 g/mol. The number of nitrogens with zero attached hydrogens (tertiary/aromatic N) is 2. The molecular weight excluding hydrogens is 152 g/mol. The van der Waals surface area contributed by atoms with Crippen molar-refractivity contribution < 1.29 is 5.11 Å². The molecule has 2 rings (SSSR count). The minimum Gasteiger partial charge on any atom is -0.396 e. The van der Waals surface area contributed by atoms with E-state index in [0.717, 1.165) is 25.0 Å². The van der Waals surface area contributed by atoms with Gasteiger partial charge in [0.25, 0.3) is 0 Å². The molecule has 0 radical (unpaired) electrons. The monoisotopic (exact) mass is 166 g/mol. The minimum atomic E-state index is 0.189. The highest BCUT2D eigenvalue weighted by Gasteiger charge is 2.42. The SMILES string of the molecule is Cn1ccc(CC2(CO)CC2)n1. The summed E-state index contributed by atoms with van der Waals surface area (Å²) in [6, 6.07) is 2.02. The zero-order valence-corrected chi connectivity index (χ0v) is 7.32. The van der Waals surface area contributed by atoms with E-state index in [1.54, 1.807) is 0 Å². The van der Waals surface area contributed by atoms with E-state index in [-0.39, 0.29) is 5.41 Å². The predicted molar refractivity (Wildman–Crippen MR) is 45.7 cm³/mol. The normalized spacial score (nSPS) is 19.5. The molecule has 1 fully saturated rings. The summed E-state index contributed by atoms with van der Waals surface area (Å²) in [5.74, 6) is 0. The molecule has 1 aliphatic carbocycles. The molecule has 0 bridgehead atoms. The molecule has 1 aromatic heterocycles. The van der Waals surface area contributed by atoms with Gasteiger partial charge in [-0.05, 0) is 30.7 Å². The maximum atomic E-state index is 9.09. The summed E-state index contributed by atoms with van der Waals surface area (Å²) in [5, 5.41) is 13.4. The van der Waals surface area contributed by atoms with Gasteiger partial charge in [0.15, 0.2) is 0 Å². The fourth-order valence-corrected chi connectivity index (χ4v) is 1.51. The second kappa shape index (κ2) is 2.59. The Labute approximate surface area is 72.0 Å². The summed E-state index contributed by atoms with van der Waals surface area (Å²) in [5.41, 5.74) is 1.29. The van der Waals surface area contributed by atoms with Gasteiger partial charge in [-0.25, -0.2) is 0 Å². The Balaban J connectivity index is 2.04. The Morgan fingerprint density at radius 2 is 2.42 bits per heavy atom. The van der Waals surface area contributed by atoms with Crippen molar-refractivity contribution in [3.63, 3.8) is 0 Å². The Bertz CT molecular complexity index is 276. The van der Waals surface area contributed by atoms with Crippen molar-refractivity contribution in [2.24, 2.45) is 12.5 Å². The van der Waals surface area contributed by atoms with Gasteiger partial charge in [0.05, 0.1) is 5.69 Å². The molecule has 0 spiro atoms. The Morgan fingerprint density at radius 1 is 1.67 bits per heavy atom. The zero-order chi connectivity index (χ0) is 8.60. The minimum absolute atomic E-state index is 0.189. The number of hydrogen-bond acceptors (Lipinski definition) is 2. The third kappa shape index (κ3) is 1.37. The van der Waals surface area contributed by atoms with E-state index >= 15 is 0 Å². The fourth-order valence-electron chi connectivity index (χ4n) is 1.51. The standard InChI is InChI=1S/C9H14N2O/c1-11-5-2-8(10-11)6-9(7-12)3-4-9/h2,5,12H,3-4,6-7H2,1H3. The van der Waals surface area contributed by atoms with Crippen LogP contribution in [0.5, 0.6) is 0 Å². The van der Waals surface area contributed by atoms with Gasteiger partial charge in [0, 0.05) is 19.9 Å². The van der Waals surface area contributed by atoms with Gasteiger partial charge < -0.3 is 5.11 Å². The molecule has 3 heteroatoms. The van der Waals surface area contributed by atoms with Crippen LogP contribution in [0, 0.1) is 5.41 Å². The molecule has 3 nitrogen and oxygen atoms in total. The van der Waals surface area contributed by atoms with E-state index in [2.05, 4.69) is 5.10 Å². The maximum absolute atomic E-state index is 9.09. The van der Waals surface area contributed by atoms with Crippen LogP contribution < -0.4 is 0 Å². The molecule has 0 amide bonds. The highest BCUT2D eigenvalue weighted by atomic mass is 16.3.